The first-order chi connectivity index (χ1) is 25.2. The molecule has 20 heteroatoms. The van der Waals surface area contributed by atoms with Gasteiger partial charge in [-0.3, -0.25) is 33.6 Å². The van der Waals surface area contributed by atoms with Crippen LogP contribution in [0.2, 0.25) is 0 Å². The third-order valence-electron chi connectivity index (χ3n) is 8.40. The lowest BCUT2D eigenvalue weighted by Gasteiger charge is -2.28. The molecular weight excluding hydrogens is 698 g/mol. The molecule has 15 N–H and O–H groups in total. The zero-order valence-electron chi connectivity index (χ0n) is 29.6. The second-order valence-corrected chi connectivity index (χ2v) is 12.7. The van der Waals surface area contributed by atoms with Crippen molar-refractivity contribution in [2.24, 2.45) is 11.5 Å². The normalized spacial score (nSPS) is 23.2. The molecule has 1 fully saturated rings. The molecule has 0 aromatic heterocycles. The number of aliphatic hydroxyl groups is 4. The molecular formula is C33H53N9O11. The first kappa shape index (κ1) is 44.4. The second kappa shape index (κ2) is 23.0. The molecule has 1 aromatic carbocycles. The molecule has 1 aliphatic heterocycles. The SMILES string of the molecule is CC(O)C1NCC(NC(=O)C(N)CO)CCC(=O)NCCCCC(C(=O)NC(CO)C(=O)NC(Cc2ccccc2)C(N)=O)NC(=O)C(CO)NC1=O. The summed E-state index contributed by atoms with van der Waals surface area (Å²) in [5.41, 5.74) is 11.8. The molecule has 0 radical (unpaired) electrons. The summed E-state index contributed by atoms with van der Waals surface area (Å²) >= 11 is 0. The van der Waals surface area contributed by atoms with Gasteiger partial charge in [-0.1, -0.05) is 30.3 Å². The molecule has 0 aliphatic carbocycles. The van der Waals surface area contributed by atoms with E-state index in [4.69, 9.17) is 11.5 Å². The summed E-state index contributed by atoms with van der Waals surface area (Å²) < 4.78 is 0. The van der Waals surface area contributed by atoms with Gasteiger partial charge >= 0.3 is 0 Å². The number of hydrogen-bond acceptors (Lipinski definition) is 13. The van der Waals surface area contributed by atoms with Gasteiger partial charge in [0.25, 0.3) is 0 Å². The van der Waals surface area contributed by atoms with Crippen molar-refractivity contribution in [2.75, 3.05) is 32.9 Å². The Labute approximate surface area is 306 Å². The van der Waals surface area contributed by atoms with E-state index in [9.17, 15) is 54.0 Å². The number of hydrogen-bond donors (Lipinski definition) is 13. The molecule has 1 aliphatic rings. The van der Waals surface area contributed by atoms with Crippen LogP contribution in [0.15, 0.2) is 30.3 Å². The molecule has 1 heterocycles. The van der Waals surface area contributed by atoms with Crippen molar-refractivity contribution >= 4 is 41.4 Å². The van der Waals surface area contributed by atoms with Crippen LogP contribution in [0, 0.1) is 0 Å². The molecule has 8 atom stereocenters. The number of nitrogens with two attached hydrogens (primary N) is 2. The summed E-state index contributed by atoms with van der Waals surface area (Å²) in [4.78, 5) is 90.1. The maximum atomic E-state index is 13.5. The van der Waals surface area contributed by atoms with E-state index in [0.717, 1.165) is 0 Å². The third kappa shape index (κ3) is 15.4. The summed E-state index contributed by atoms with van der Waals surface area (Å²) in [5, 5.41) is 57.2. The van der Waals surface area contributed by atoms with Gasteiger partial charge in [-0.2, -0.15) is 0 Å². The molecule has 7 amide bonds. The maximum absolute atomic E-state index is 13.5. The number of aliphatic hydroxyl groups excluding tert-OH is 4. The van der Waals surface area contributed by atoms with Gasteiger partial charge in [0, 0.05) is 32.0 Å². The van der Waals surface area contributed by atoms with Crippen LogP contribution in [0.5, 0.6) is 0 Å². The Morgan fingerprint density at radius 1 is 0.906 bits per heavy atom. The lowest BCUT2D eigenvalue weighted by molar-refractivity contribution is -0.136. The Balaban J connectivity index is 2.24. The summed E-state index contributed by atoms with van der Waals surface area (Å²) in [5.74, 6) is -5.71. The minimum absolute atomic E-state index is 0.0411. The average molecular weight is 752 g/mol. The Kier molecular flexibility index (Phi) is 19.3. The lowest BCUT2D eigenvalue weighted by atomic mass is 10.0. The quantitative estimate of drug-likeness (QED) is 0.0894. The van der Waals surface area contributed by atoms with Crippen molar-refractivity contribution in [2.45, 2.75) is 93.8 Å². The van der Waals surface area contributed by atoms with E-state index in [0.29, 0.717) is 12.0 Å². The number of carbonyl (C=O) groups excluding carboxylic acids is 7. The molecule has 53 heavy (non-hydrogen) atoms. The zero-order valence-corrected chi connectivity index (χ0v) is 29.6. The van der Waals surface area contributed by atoms with E-state index in [1.54, 1.807) is 30.3 Å². The van der Waals surface area contributed by atoms with Crippen LogP contribution in [-0.4, -0.2) is 143 Å². The third-order valence-corrected chi connectivity index (χ3v) is 8.40. The van der Waals surface area contributed by atoms with E-state index in [1.807, 2.05) is 0 Å². The van der Waals surface area contributed by atoms with Gasteiger partial charge in [-0.25, -0.2) is 0 Å². The Morgan fingerprint density at radius 3 is 2.21 bits per heavy atom. The minimum Gasteiger partial charge on any atom is -0.394 e. The predicted octanol–water partition coefficient (Wildman–Crippen LogP) is -6.14. The van der Waals surface area contributed by atoms with Crippen LogP contribution >= 0.6 is 0 Å². The molecule has 0 spiro atoms. The van der Waals surface area contributed by atoms with Crippen molar-refractivity contribution in [3.05, 3.63) is 35.9 Å². The summed E-state index contributed by atoms with van der Waals surface area (Å²) in [6.45, 7) is -1.14. The number of benzene rings is 1. The van der Waals surface area contributed by atoms with Gasteiger partial charge in [0.2, 0.25) is 41.4 Å². The molecule has 296 valence electrons. The standard InChI is InChI=1S/C33H53N9O11/c1-18(46)27-33(53)42-25(17-45)31(51)39-22(9-5-6-12-36-26(47)11-10-20(14-37-27)38-29(49)21(34)15-43)30(50)41-24(16-44)32(52)40-23(28(35)48)13-19-7-3-2-4-8-19/h2-4,7-8,18,20-25,27,37,43-46H,5-6,9-17,34H2,1H3,(H2,35,48)(H,36,47)(H,38,49)(H,39,51)(H,40,52)(H,41,50)(H,42,53). The van der Waals surface area contributed by atoms with Crippen molar-refractivity contribution < 1.29 is 54.0 Å². The highest BCUT2D eigenvalue weighted by molar-refractivity contribution is 5.96. The number of carbonyl (C=O) groups is 7. The first-order valence-electron chi connectivity index (χ1n) is 17.3. The fourth-order valence-electron chi connectivity index (χ4n) is 5.27. The van der Waals surface area contributed by atoms with Crippen LogP contribution in [0.4, 0.5) is 0 Å². The lowest BCUT2D eigenvalue weighted by Crippen LogP contribution is -2.61. The highest BCUT2D eigenvalue weighted by Gasteiger charge is 2.33. The molecule has 8 unspecified atom stereocenters. The largest absolute Gasteiger partial charge is 0.394 e. The van der Waals surface area contributed by atoms with Crippen LogP contribution in [-0.2, 0) is 40.0 Å². The second-order valence-electron chi connectivity index (χ2n) is 12.7. The number of amides is 7. The Morgan fingerprint density at radius 2 is 1.60 bits per heavy atom. The maximum Gasteiger partial charge on any atom is 0.245 e. The van der Waals surface area contributed by atoms with E-state index in [1.165, 1.54) is 6.92 Å². The monoisotopic (exact) mass is 751 g/mol. The zero-order chi connectivity index (χ0) is 39.5. The smallest absolute Gasteiger partial charge is 0.245 e. The van der Waals surface area contributed by atoms with Crippen LogP contribution in [0.1, 0.15) is 44.6 Å². The predicted molar refractivity (Wildman–Crippen MR) is 188 cm³/mol. The average Bonchev–Trinajstić information content (AvgIpc) is 3.13. The molecule has 0 bridgehead atoms. The first-order valence-corrected chi connectivity index (χ1v) is 17.3. The van der Waals surface area contributed by atoms with Crippen LogP contribution in [0.3, 0.4) is 0 Å². The van der Waals surface area contributed by atoms with Crippen molar-refractivity contribution in [3.8, 4) is 0 Å². The van der Waals surface area contributed by atoms with E-state index in [-0.39, 0.29) is 51.1 Å². The van der Waals surface area contributed by atoms with Crippen molar-refractivity contribution in [1.29, 1.82) is 0 Å². The van der Waals surface area contributed by atoms with Crippen molar-refractivity contribution in [3.63, 3.8) is 0 Å². The van der Waals surface area contributed by atoms with Crippen LogP contribution in [0.25, 0.3) is 0 Å². The van der Waals surface area contributed by atoms with Gasteiger partial charge in [-0.15, -0.1) is 0 Å². The van der Waals surface area contributed by atoms with E-state index in [2.05, 4.69) is 37.2 Å². The molecule has 2 rings (SSSR count). The molecule has 0 saturated carbocycles. The van der Waals surface area contributed by atoms with E-state index < -0.39 is 104 Å². The fraction of sp³-hybridized carbons (Fsp3) is 0.606. The highest BCUT2D eigenvalue weighted by atomic mass is 16.3. The van der Waals surface area contributed by atoms with Gasteiger partial charge in [0.05, 0.1) is 25.9 Å². The summed E-state index contributed by atoms with van der Waals surface area (Å²) in [6, 6.07) is -0.433. The number of primary amides is 1. The van der Waals surface area contributed by atoms with Crippen molar-refractivity contribution in [1.82, 2.24) is 37.2 Å². The van der Waals surface area contributed by atoms with Gasteiger partial charge in [0.1, 0.15) is 36.3 Å². The van der Waals surface area contributed by atoms with Gasteiger partial charge in [-0.05, 0) is 38.2 Å². The molecule has 1 saturated heterocycles. The highest BCUT2D eigenvalue weighted by Crippen LogP contribution is 2.07. The number of rotatable bonds is 13. The Hall–Kier alpha value is -4.73. The summed E-state index contributed by atoms with van der Waals surface area (Å²) in [6.07, 6.45) is -0.771. The summed E-state index contributed by atoms with van der Waals surface area (Å²) in [7, 11) is 0. The van der Waals surface area contributed by atoms with Crippen LogP contribution < -0.4 is 48.7 Å². The minimum atomic E-state index is -1.61. The van der Waals surface area contributed by atoms with E-state index >= 15 is 0 Å². The Bertz CT molecular complexity index is 1390. The van der Waals surface area contributed by atoms with Gasteiger partial charge in [0.15, 0.2) is 0 Å². The topological polar surface area (TPSA) is 337 Å². The van der Waals surface area contributed by atoms with Gasteiger partial charge < -0.3 is 69.1 Å². The molecule has 1 aromatic rings. The number of nitrogens with one attached hydrogen (secondary N) is 7. The fourth-order valence-corrected chi connectivity index (χ4v) is 5.27. The molecule has 20 nitrogen and oxygen atoms in total.